The molecule has 0 aromatic heterocycles. The molecule has 0 heterocycles. The van der Waals surface area contributed by atoms with Crippen molar-refractivity contribution in [2.45, 2.75) is 33.2 Å². The number of hydrogen-bond donors (Lipinski definition) is 2. The molecule has 0 aromatic rings. The van der Waals surface area contributed by atoms with Crippen molar-refractivity contribution in [2.24, 2.45) is 11.7 Å². The molecule has 0 aliphatic carbocycles. The zero-order valence-electron chi connectivity index (χ0n) is 7.55. The lowest BCUT2D eigenvalue weighted by Gasteiger charge is -2.19. The first-order valence-electron chi connectivity index (χ1n) is 4.16. The summed E-state index contributed by atoms with van der Waals surface area (Å²) >= 11 is 0. The first-order valence-corrected chi connectivity index (χ1v) is 4.16. The number of nitrogens with one attached hydrogen (secondary N) is 1. The molecule has 0 rings (SSSR count). The average molecular weight is 158 g/mol. The fourth-order valence-electron chi connectivity index (χ4n) is 1.04. The molecule has 11 heavy (non-hydrogen) atoms. The number of hydrogen-bond acceptors (Lipinski definition) is 2. The first-order chi connectivity index (χ1) is 5.13. The second-order valence-corrected chi connectivity index (χ2v) is 2.82. The number of rotatable bonds is 5. The molecule has 0 fully saturated rings. The van der Waals surface area contributed by atoms with Gasteiger partial charge in [0, 0.05) is 0 Å². The summed E-state index contributed by atoms with van der Waals surface area (Å²) in [5.41, 5.74) is 5.20. The highest BCUT2D eigenvalue weighted by Crippen LogP contribution is 2.06. The van der Waals surface area contributed by atoms with Gasteiger partial charge < -0.3 is 11.1 Å². The zero-order valence-corrected chi connectivity index (χ0v) is 7.55. The fraction of sp³-hybridized carbons (Fsp3) is 0.875. The number of amides is 1. The first kappa shape index (κ1) is 10.4. The molecule has 0 bridgehead atoms. The molecule has 1 amide bonds. The van der Waals surface area contributed by atoms with E-state index < -0.39 is 0 Å². The summed E-state index contributed by atoms with van der Waals surface area (Å²) in [6.45, 7) is 6.84. The molecule has 0 aliphatic rings. The Kier molecular flexibility index (Phi) is 4.86. The SMILES string of the molecule is CCNC(C(N)=O)C(C)CC. The van der Waals surface area contributed by atoms with E-state index in [9.17, 15) is 4.79 Å². The maximum Gasteiger partial charge on any atom is 0.234 e. The Morgan fingerprint density at radius 2 is 2.09 bits per heavy atom. The quantitative estimate of drug-likeness (QED) is 0.612. The second-order valence-electron chi connectivity index (χ2n) is 2.82. The van der Waals surface area contributed by atoms with Gasteiger partial charge in [0.25, 0.3) is 0 Å². The van der Waals surface area contributed by atoms with Crippen LogP contribution in [0.4, 0.5) is 0 Å². The van der Waals surface area contributed by atoms with E-state index in [2.05, 4.69) is 12.2 Å². The maximum absolute atomic E-state index is 10.8. The van der Waals surface area contributed by atoms with Crippen LogP contribution in [0.3, 0.4) is 0 Å². The van der Waals surface area contributed by atoms with Crippen LogP contribution in [0.2, 0.25) is 0 Å². The van der Waals surface area contributed by atoms with Crippen LogP contribution in [0.25, 0.3) is 0 Å². The largest absolute Gasteiger partial charge is 0.368 e. The second kappa shape index (κ2) is 5.13. The van der Waals surface area contributed by atoms with Gasteiger partial charge in [0.2, 0.25) is 5.91 Å². The third-order valence-corrected chi connectivity index (χ3v) is 1.94. The molecule has 0 spiro atoms. The average Bonchev–Trinajstić information content (AvgIpc) is 1.98. The predicted octanol–water partition coefficient (Wildman–Crippen LogP) is 0.496. The van der Waals surface area contributed by atoms with Gasteiger partial charge in [-0.25, -0.2) is 0 Å². The van der Waals surface area contributed by atoms with Gasteiger partial charge in [0.1, 0.15) is 0 Å². The van der Waals surface area contributed by atoms with E-state index in [1.54, 1.807) is 0 Å². The number of likely N-dealkylation sites (N-methyl/N-ethyl adjacent to an activating group) is 1. The molecule has 2 atom stereocenters. The van der Waals surface area contributed by atoms with Crippen molar-refractivity contribution < 1.29 is 4.79 Å². The molecular weight excluding hydrogens is 140 g/mol. The highest BCUT2D eigenvalue weighted by Gasteiger charge is 2.19. The summed E-state index contributed by atoms with van der Waals surface area (Å²) in [6.07, 6.45) is 0.973. The Bertz CT molecular complexity index is 125. The van der Waals surface area contributed by atoms with E-state index in [1.807, 2.05) is 13.8 Å². The Morgan fingerprint density at radius 3 is 2.36 bits per heavy atom. The molecule has 66 valence electrons. The Hall–Kier alpha value is -0.570. The van der Waals surface area contributed by atoms with Gasteiger partial charge in [0.15, 0.2) is 0 Å². The van der Waals surface area contributed by atoms with Crippen molar-refractivity contribution in [1.29, 1.82) is 0 Å². The van der Waals surface area contributed by atoms with Gasteiger partial charge in [-0.2, -0.15) is 0 Å². The van der Waals surface area contributed by atoms with Crippen molar-refractivity contribution in [3.05, 3.63) is 0 Å². The minimum atomic E-state index is -0.249. The van der Waals surface area contributed by atoms with Gasteiger partial charge in [-0.1, -0.05) is 27.2 Å². The van der Waals surface area contributed by atoms with Crippen LogP contribution in [0.1, 0.15) is 27.2 Å². The van der Waals surface area contributed by atoms with E-state index >= 15 is 0 Å². The van der Waals surface area contributed by atoms with Gasteiger partial charge in [0.05, 0.1) is 6.04 Å². The van der Waals surface area contributed by atoms with Gasteiger partial charge in [-0.15, -0.1) is 0 Å². The lowest BCUT2D eigenvalue weighted by Crippen LogP contribution is -2.45. The lowest BCUT2D eigenvalue weighted by atomic mass is 9.99. The van der Waals surface area contributed by atoms with Gasteiger partial charge >= 0.3 is 0 Å². The molecule has 0 aromatic carbocycles. The minimum Gasteiger partial charge on any atom is -0.368 e. The van der Waals surface area contributed by atoms with Gasteiger partial charge in [-0.05, 0) is 12.5 Å². The topological polar surface area (TPSA) is 55.1 Å². The maximum atomic E-state index is 10.8. The summed E-state index contributed by atoms with van der Waals surface area (Å²) in [6, 6.07) is -0.162. The molecule has 3 heteroatoms. The third kappa shape index (κ3) is 3.37. The Morgan fingerprint density at radius 1 is 1.55 bits per heavy atom. The van der Waals surface area contributed by atoms with Crippen molar-refractivity contribution in [1.82, 2.24) is 5.32 Å². The number of nitrogens with two attached hydrogens (primary N) is 1. The van der Waals surface area contributed by atoms with Crippen LogP contribution in [0.5, 0.6) is 0 Å². The monoisotopic (exact) mass is 158 g/mol. The molecule has 3 N–H and O–H groups in total. The summed E-state index contributed by atoms with van der Waals surface area (Å²) < 4.78 is 0. The van der Waals surface area contributed by atoms with Crippen LogP contribution < -0.4 is 11.1 Å². The minimum absolute atomic E-state index is 0.162. The summed E-state index contributed by atoms with van der Waals surface area (Å²) in [5, 5.41) is 3.06. The number of primary amides is 1. The Labute approximate surface area is 68.3 Å². The highest BCUT2D eigenvalue weighted by molar-refractivity contribution is 5.80. The third-order valence-electron chi connectivity index (χ3n) is 1.94. The van der Waals surface area contributed by atoms with Crippen molar-refractivity contribution in [3.8, 4) is 0 Å². The van der Waals surface area contributed by atoms with Crippen LogP contribution >= 0.6 is 0 Å². The van der Waals surface area contributed by atoms with Crippen LogP contribution in [0, 0.1) is 5.92 Å². The van der Waals surface area contributed by atoms with Crippen molar-refractivity contribution >= 4 is 5.91 Å². The van der Waals surface area contributed by atoms with E-state index in [0.717, 1.165) is 13.0 Å². The summed E-state index contributed by atoms with van der Waals surface area (Å²) in [4.78, 5) is 10.8. The highest BCUT2D eigenvalue weighted by atomic mass is 16.1. The lowest BCUT2D eigenvalue weighted by molar-refractivity contribution is -0.121. The Balaban J connectivity index is 3.97. The van der Waals surface area contributed by atoms with Crippen molar-refractivity contribution in [2.75, 3.05) is 6.54 Å². The van der Waals surface area contributed by atoms with Crippen LogP contribution in [-0.4, -0.2) is 18.5 Å². The van der Waals surface area contributed by atoms with E-state index in [4.69, 9.17) is 5.73 Å². The predicted molar refractivity (Wildman–Crippen MR) is 46.1 cm³/mol. The molecule has 0 radical (unpaired) electrons. The summed E-state index contributed by atoms with van der Waals surface area (Å²) in [5.74, 6) is 0.0775. The number of carbonyl (C=O) groups excluding carboxylic acids is 1. The molecular formula is C8H18N2O. The van der Waals surface area contributed by atoms with Crippen molar-refractivity contribution in [3.63, 3.8) is 0 Å². The molecule has 0 saturated heterocycles. The summed E-state index contributed by atoms with van der Waals surface area (Å²) in [7, 11) is 0. The van der Waals surface area contributed by atoms with Crippen LogP contribution in [-0.2, 0) is 4.79 Å². The normalized spacial score (nSPS) is 15.9. The number of carbonyl (C=O) groups is 1. The molecule has 0 saturated carbocycles. The van der Waals surface area contributed by atoms with Gasteiger partial charge in [-0.3, -0.25) is 4.79 Å². The van der Waals surface area contributed by atoms with E-state index in [1.165, 1.54) is 0 Å². The molecule has 0 aliphatic heterocycles. The van der Waals surface area contributed by atoms with E-state index in [-0.39, 0.29) is 11.9 Å². The molecule has 2 unspecified atom stereocenters. The smallest absolute Gasteiger partial charge is 0.234 e. The standard InChI is InChI=1S/C8H18N2O/c1-4-6(3)7(8(9)11)10-5-2/h6-7,10H,4-5H2,1-3H3,(H2,9,11). The fourth-order valence-corrected chi connectivity index (χ4v) is 1.04. The zero-order chi connectivity index (χ0) is 8.85. The molecule has 3 nitrogen and oxygen atoms in total. The van der Waals surface area contributed by atoms with E-state index in [0.29, 0.717) is 5.92 Å². The van der Waals surface area contributed by atoms with Crippen LogP contribution in [0.15, 0.2) is 0 Å².